The lowest BCUT2D eigenvalue weighted by Crippen LogP contribution is -2.40. The molecule has 9 heteroatoms. The van der Waals surface area contributed by atoms with E-state index in [1.54, 1.807) is 12.1 Å². The Balaban J connectivity index is 1.50. The van der Waals surface area contributed by atoms with Gasteiger partial charge in [0.05, 0.1) is 35.6 Å². The number of nitrogens with zero attached hydrogens (tertiary/aromatic N) is 3. The van der Waals surface area contributed by atoms with Crippen molar-refractivity contribution in [2.24, 2.45) is 0 Å². The fraction of sp³-hybridized carbons (Fsp3) is 0.462. The van der Waals surface area contributed by atoms with Crippen molar-refractivity contribution in [3.05, 3.63) is 59.4 Å². The summed E-state index contributed by atoms with van der Waals surface area (Å²) >= 11 is 0. The van der Waals surface area contributed by atoms with Crippen LogP contribution in [0.3, 0.4) is 0 Å². The molecule has 1 aliphatic heterocycles. The van der Waals surface area contributed by atoms with Gasteiger partial charge in [0.1, 0.15) is 12.4 Å². The highest BCUT2D eigenvalue weighted by Gasteiger charge is 2.27. The molecule has 0 N–H and O–H groups in total. The summed E-state index contributed by atoms with van der Waals surface area (Å²) in [7, 11) is -3.61. The van der Waals surface area contributed by atoms with Crippen molar-refractivity contribution in [3.63, 3.8) is 0 Å². The number of morpholine rings is 1. The van der Waals surface area contributed by atoms with Gasteiger partial charge >= 0.3 is 5.97 Å². The molecule has 188 valence electrons. The third kappa shape index (κ3) is 6.09. The molecule has 1 aromatic heterocycles. The van der Waals surface area contributed by atoms with E-state index in [0.717, 1.165) is 41.9 Å². The number of aromatic nitrogens is 2. The number of carbonyl (C=O) groups is 1. The Hall–Kier alpha value is -2.75. The fourth-order valence-corrected chi connectivity index (χ4v) is 5.69. The summed E-state index contributed by atoms with van der Waals surface area (Å²) in [5, 5.41) is 0. The van der Waals surface area contributed by atoms with E-state index < -0.39 is 10.0 Å². The maximum absolute atomic E-state index is 13.1. The van der Waals surface area contributed by atoms with Crippen LogP contribution in [-0.2, 0) is 43.9 Å². The van der Waals surface area contributed by atoms with Crippen molar-refractivity contribution in [1.82, 2.24) is 13.9 Å². The Morgan fingerprint density at radius 1 is 1.14 bits per heavy atom. The number of fused-ring (bicyclic) bond motifs is 1. The Morgan fingerprint density at radius 3 is 2.69 bits per heavy atom. The molecule has 0 spiro atoms. The zero-order valence-corrected chi connectivity index (χ0v) is 21.2. The number of rotatable bonds is 10. The highest BCUT2D eigenvalue weighted by Crippen LogP contribution is 2.25. The summed E-state index contributed by atoms with van der Waals surface area (Å²) in [6.45, 7) is 6.63. The number of esters is 1. The number of hydrogen-bond acceptors (Lipinski definition) is 6. The average molecular weight is 500 g/mol. The van der Waals surface area contributed by atoms with Gasteiger partial charge in [-0.05, 0) is 37.1 Å². The Kier molecular flexibility index (Phi) is 8.20. The third-order valence-corrected chi connectivity index (χ3v) is 8.07. The zero-order chi connectivity index (χ0) is 24.8. The number of aryl methyl sites for hydroxylation is 3. The number of carbonyl (C=O) groups excluding carboxylic acids is 1. The van der Waals surface area contributed by atoms with Gasteiger partial charge in [0.2, 0.25) is 10.0 Å². The molecule has 0 aliphatic carbocycles. The number of hydrogen-bond donors (Lipinski definition) is 0. The normalized spacial score (nSPS) is 14.9. The minimum Gasteiger partial charge on any atom is -0.461 e. The molecule has 0 amide bonds. The summed E-state index contributed by atoms with van der Waals surface area (Å²) in [6, 6.07) is 13.0. The number of ether oxygens (including phenoxy) is 2. The maximum atomic E-state index is 13.1. The van der Waals surface area contributed by atoms with E-state index in [2.05, 4.69) is 11.5 Å². The van der Waals surface area contributed by atoms with Gasteiger partial charge in [0.25, 0.3) is 0 Å². The van der Waals surface area contributed by atoms with Gasteiger partial charge in [-0.25, -0.2) is 13.4 Å². The maximum Gasteiger partial charge on any atom is 0.306 e. The highest BCUT2D eigenvalue weighted by atomic mass is 32.2. The second-order valence-electron chi connectivity index (χ2n) is 8.85. The largest absolute Gasteiger partial charge is 0.461 e. The molecule has 1 saturated heterocycles. The van der Waals surface area contributed by atoms with Crippen molar-refractivity contribution >= 4 is 27.0 Å². The minimum atomic E-state index is -3.61. The van der Waals surface area contributed by atoms with E-state index in [1.807, 2.05) is 37.3 Å². The summed E-state index contributed by atoms with van der Waals surface area (Å²) in [5.41, 5.74) is 3.59. The molecule has 1 fully saturated rings. The molecule has 0 saturated carbocycles. The van der Waals surface area contributed by atoms with E-state index >= 15 is 0 Å². The van der Waals surface area contributed by atoms with E-state index in [9.17, 15) is 13.2 Å². The molecule has 2 aromatic carbocycles. The van der Waals surface area contributed by atoms with Crippen LogP contribution in [0, 0.1) is 6.92 Å². The lowest BCUT2D eigenvalue weighted by molar-refractivity contribution is -0.144. The van der Waals surface area contributed by atoms with Crippen molar-refractivity contribution in [2.45, 2.75) is 57.6 Å². The van der Waals surface area contributed by atoms with Crippen LogP contribution in [0.4, 0.5) is 0 Å². The van der Waals surface area contributed by atoms with Crippen molar-refractivity contribution in [2.75, 3.05) is 26.3 Å². The van der Waals surface area contributed by atoms with Crippen molar-refractivity contribution < 1.29 is 22.7 Å². The Morgan fingerprint density at radius 2 is 1.94 bits per heavy atom. The molecular formula is C26H33N3O5S. The molecule has 8 nitrogen and oxygen atoms in total. The number of imidazole rings is 1. The van der Waals surface area contributed by atoms with Gasteiger partial charge < -0.3 is 14.0 Å². The van der Waals surface area contributed by atoms with E-state index in [-0.39, 0.29) is 23.9 Å². The predicted octanol–water partition coefficient (Wildman–Crippen LogP) is 3.84. The summed E-state index contributed by atoms with van der Waals surface area (Å²) in [6.07, 6.45) is 2.61. The molecule has 0 unspecified atom stereocenters. The van der Waals surface area contributed by atoms with Crippen LogP contribution in [0.5, 0.6) is 0 Å². The summed E-state index contributed by atoms with van der Waals surface area (Å²) in [5.74, 6) is 0.484. The smallest absolute Gasteiger partial charge is 0.306 e. The topological polar surface area (TPSA) is 90.7 Å². The van der Waals surface area contributed by atoms with Gasteiger partial charge in [-0.1, -0.05) is 43.2 Å². The molecule has 0 radical (unpaired) electrons. The Bertz CT molecular complexity index is 1280. The van der Waals surface area contributed by atoms with Crippen molar-refractivity contribution in [3.8, 4) is 0 Å². The van der Waals surface area contributed by atoms with Crippen LogP contribution in [-0.4, -0.2) is 54.5 Å². The summed E-state index contributed by atoms with van der Waals surface area (Å²) in [4.78, 5) is 17.4. The number of benzene rings is 2. The predicted molar refractivity (Wildman–Crippen MR) is 134 cm³/mol. The van der Waals surface area contributed by atoms with E-state index in [1.165, 1.54) is 4.31 Å². The molecule has 0 bridgehead atoms. The molecular weight excluding hydrogens is 466 g/mol. The van der Waals surface area contributed by atoms with E-state index in [0.29, 0.717) is 38.2 Å². The fourth-order valence-electron chi connectivity index (χ4n) is 4.26. The van der Waals surface area contributed by atoms with Crippen LogP contribution in [0.1, 0.15) is 43.1 Å². The standard InChI is InChI=1S/C26H33N3O5S/c1-3-4-12-29-24-9-8-22(35(31,32)28-13-15-33-16-14-28)18-23(24)27-25(29)10-11-26(30)34-19-21-7-5-6-20(2)17-21/h5-9,17-18H,3-4,10-16,19H2,1-2H3. The van der Waals surface area contributed by atoms with Gasteiger partial charge in [-0.2, -0.15) is 4.31 Å². The van der Waals surface area contributed by atoms with Gasteiger partial charge in [-0.3, -0.25) is 4.79 Å². The first-order valence-corrected chi connectivity index (χ1v) is 13.6. The van der Waals surface area contributed by atoms with Crippen LogP contribution in [0.2, 0.25) is 0 Å². The lowest BCUT2D eigenvalue weighted by Gasteiger charge is -2.26. The van der Waals surface area contributed by atoms with E-state index in [4.69, 9.17) is 14.5 Å². The monoisotopic (exact) mass is 499 g/mol. The van der Waals surface area contributed by atoms with Gasteiger partial charge in [-0.15, -0.1) is 0 Å². The SMILES string of the molecule is CCCCn1c(CCC(=O)OCc2cccc(C)c2)nc2cc(S(=O)(=O)N3CCOCC3)ccc21. The van der Waals surface area contributed by atoms with Gasteiger partial charge in [0, 0.05) is 26.1 Å². The summed E-state index contributed by atoms with van der Waals surface area (Å²) < 4.78 is 40.5. The molecule has 2 heterocycles. The number of sulfonamides is 1. The first-order valence-electron chi connectivity index (χ1n) is 12.2. The molecule has 3 aromatic rings. The average Bonchev–Trinajstić information content (AvgIpc) is 3.22. The molecule has 0 atom stereocenters. The zero-order valence-electron chi connectivity index (χ0n) is 20.4. The second-order valence-corrected chi connectivity index (χ2v) is 10.8. The van der Waals surface area contributed by atoms with Crippen LogP contribution in [0.15, 0.2) is 47.4 Å². The lowest BCUT2D eigenvalue weighted by atomic mass is 10.1. The third-order valence-electron chi connectivity index (χ3n) is 6.18. The first kappa shape index (κ1) is 25.3. The quantitative estimate of drug-likeness (QED) is 0.394. The Labute approximate surface area is 206 Å². The molecule has 4 rings (SSSR count). The van der Waals surface area contributed by atoms with Crippen LogP contribution >= 0.6 is 0 Å². The van der Waals surface area contributed by atoms with Crippen LogP contribution < -0.4 is 0 Å². The second kappa shape index (κ2) is 11.3. The van der Waals surface area contributed by atoms with Gasteiger partial charge in [0.15, 0.2) is 0 Å². The van der Waals surface area contributed by atoms with Crippen LogP contribution in [0.25, 0.3) is 11.0 Å². The highest BCUT2D eigenvalue weighted by molar-refractivity contribution is 7.89. The number of unbranched alkanes of at least 4 members (excludes halogenated alkanes) is 1. The molecule has 1 aliphatic rings. The minimum absolute atomic E-state index is 0.209. The van der Waals surface area contributed by atoms with Crippen molar-refractivity contribution in [1.29, 1.82) is 0 Å². The first-order chi connectivity index (χ1) is 16.9. The molecule has 35 heavy (non-hydrogen) atoms.